The quantitative estimate of drug-likeness (QED) is 0.261. The number of allylic oxidation sites excluding steroid dienone is 1. The smallest absolute Gasteiger partial charge is 0.323 e. The van der Waals surface area contributed by atoms with E-state index in [2.05, 4.69) is 25.5 Å². The normalized spacial score (nSPS) is 20.6. The van der Waals surface area contributed by atoms with Crippen molar-refractivity contribution < 1.29 is 19.1 Å². The van der Waals surface area contributed by atoms with E-state index >= 15 is 0 Å². The van der Waals surface area contributed by atoms with Crippen LogP contribution >= 0.6 is 11.6 Å². The fourth-order valence-corrected chi connectivity index (χ4v) is 5.77. The Labute approximate surface area is 234 Å². The number of halogens is 1. The summed E-state index contributed by atoms with van der Waals surface area (Å²) < 4.78 is 14.0. The van der Waals surface area contributed by atoms with E-state index in [1.54, 1.807) is 36.4 Å². The van der Waals surface area contributed by atoms with Gasteiger partial charge in [-0.05, 0) is 55.3 Å². The molecule has 2 amide bonds. The molecule has 10 nitrogen and oxygen atoms in total. The van der Waals surface area contributed by atoms with Gasteiger partial charge in [0.25, 0.3) is 0 Å². The molecule has 11 heteroatoms. The maximum atomic E-state index is 13.4. The van der Waals surface area contributed by atoms with Crippen LogP contribution < -0.4 is 20.3 Å². The van der Waals surface area contributed by atoms with Crippen LogP contribution in [0.3, 0.4) is 0 Å². The highest BCUT2D eigenvalue weighted by atomic mass is 35.5. The number of ether oxygens (including phenoxy) is 2. The molecule has 0 radical (unpaired) electrons. The number of amides is 2. The van der Waals surface area contributed by atoms with Crippen molar-refractivity contribution in [3.8, 4) is 5.75 Å². The fourth-order valence-electron chi connectivity index (χ4n) is 5.66. The summed E-state index contributed by atoms with van der Waals surface area (Å²) in [6.45, 7) is 1.67. The molecule has 1 aromatic carbocycles. The van der Waals surface area contributed by atoms with Crippen LogP contribution in [-0.2, 0) is 11.8 Å². The number of fused-ring (bicyclic) bond motifs is 4. The molecular formula is C29H25ClN6O4. The zero-order valence-corrected chi connectivity index (χ0v) is 22.3. The summed E-state index contributed by atoms with van der Waals surface area (Å²) in [5.41, 5.74) is 4.08. The van der Waals surface area contributed by atoms with Crippen molar-refractivity contribution in [3.63, 3.8) is 0 Å². The predicted octanol–water partition coefficient (Wildman–Crippen LogP) is 5.25. The van der Waals surface area contributed by atoms with E-state index in [1.165, 1.54) is 6.20 Å². The number of urea groups is 1. The number of rotatable bonds is 4. The highest BCUT2D eigenvalue weighted by Crippen LogP contribution is 2.38. The van der Waals surface area contributed by atoms with Crippen LogP contribution in [0.5, 0.6) is 5.75 Å². The number of carbonyl (C=O) groups excluding carboxylic acids is 2. The number of carbonyl (C=O) groups is 2. The fraction of sp³-hybridized carbons (Fsp3) is 0.241. The standard InChI is InChI=1S/C29H25ClN6O4/c1-35-13-16(26-22(8-9-31-28(26)35)36-14-19-4-5-20(15-36)39-19)10-24-27(37)21-11-17(2-6-23(21)40-24)33-29(38)34-18-3-7-25(30)32-12-18/h2-3,6-13,19-20H,4-5,14-15H2,1H3,(H2,33,34,38). The predicted molar refractivity (Wildman–Crippen MR) is 152 cm³/mol. The number of hydrogen-bond donors (Lipinski definition) is 2. The van der Waals surface area contributed by atoms with Gasteiger partial charge in [0.15, 0.2) is 5.76 Å². The van der Waals surface area contributed by atoms with Gasteiger partial charge in [-0.2, -0.15) is 0 Å². The van der Waals surface area contributed by atoms with E-state index in [1.807, 2.05) is 30.1 Å². The molecule has 3 aromatic heterocycles. The zero-order valence-electron chi connectivity index (χ0n) is 21.6. The largest absolute Gasteiger partial charge is 0.452 e. The molecule has 0 aliphatic carbocycles. The molecule has 4 aromatic rings. The number of ketones is 1. The van der Waals surface area contributed by atoms with E-state index in [0.29, 0.717) is 27.8 Å². The first-order valence-corrected chi connectivity index (χ1v) is 13.4. The molecule has 0 spiro atoms. The minimum absolute atomic E-state index is 0.216. The second-order valence-corrected chi connectivity index (χ2v) is 10.6. The summed E-state index contributed by atoms with van der Waals surface area (Å²) >= 11 is 5.80. The summed E-state index contributed by atoms with van der Waals surface area (Å²) in [5.74, 6) is 0.397. The number of benzene rings is 1. The Kier molecular flexibility index (Phi) is 5.94. The number of pyridine rings is 2. The number of nitrogens with zero attached hydrogens (tertiary/aromatic N) is 4. The lowest BCUT2D eigenvalue weighted by molar-refractivity contribution is 0.0306. The topological polar surface area (TPSA) is 111 Å². The van der Waals surface area contributed by atoms with Crippen LogP contribution in [0.1, 0.15) is 28.8 Å². The van der Waals surface area contributed by atoms with Crippen LogP contribution in [0.4, 0.5) is 21.9 Å². The molecule has 3 aliphatic rings. The number of aromatic nitrogens is 3. The number of nitrogens with one attached hydrogen (secondary N) is 2. The number of anilines is 3. The van der Waals surface area contributed by atoms with Crippen LogP contribution in [0, 0.1) is 0 Å². The van der Waals surface area contributed by atoms with Crippen molar-refractivity contribution in [2.75, 3.05) is 28.6 Å². The molecule has 2 atom stereocenters. The van der Waals surface area contributed by atoms with Crippen molar-refractivity contribution in [2.45, 2.75) is 25.0 Å². The summed E-state index contributed by atoms with van der Waals surface area (Å²) in [7, 11) is 1.94. The van der Waals surface area contributed by atoms with Crippen LogP contribution in [-0.4, -0.2) is 51.6 Å². The van der Waals surface area contributed by atoms with E-state index in [9.17, 15) is 9.59 Å². The Morgan fingerprint density at radius 3 is 2.62 bits per heavy atom. The average Bonchev–Trinajstić information content (AvgIpc) is 3.57. The van der Waals surface area contributed by atoms with Gasteiger partial charge in [-0.15, -0.1) is 0 Å². The van der Waals surface area contributed by atoms with E-state index in [-0.39, 0.29) is 23.8 Å². The average molecular weight is 557 g/mol. The SMILES string of the molecule is Cn1cc(C=C2Oc3ccc(NC(=O)Nc4ccc(Cl)nc4)cc3C2=O)c2c(N3CC4CCC(C3)O4)ccnc21. The second-order valence-electron chi connectivity index (χ2n) is 10.2. The van der Waals surface area contributed by atoms with Crippen molar-refractivity contribution >= 4 is 57.6 Å². The minimum atomic E-state index is -0.474. The molecule has 6 heterocycles. The van der Waals surface area contributed by atoms with Crippen LogP contribution in [0.2, 0.25) is 5.15 Å². The van der Waals surface area contributed by atoms with Crippen LogP contribution in [0.25, 0.3) is 17.1 Å². The maximum absolute atomic E-state index is 13.4. The molecule has 2 bridgehead atoms. The maximum Gasteiger partial charge on any atom is 0.323 e. The first-order chi connectivity index (χ1) is 19.4. The molecule has 2 N–H and O–H groups in total. The summed E-state index contributed by atoms with van der Waals surface area (Å²) in [4.78, 5) is 36.8. The van der Waals surface area contributed by atoms with E-state index in [4.69, 9.17) is 21.1 Å². The van der Waals surface area contributed by atoms with Gasteiger partial charge in [0, 0.05) is 49.2 Å². The van der Waals surface area contributed by atoms with Gasteiger partial charge in [0.1, 0.15) is 16.5 Å². The summed E-state index contributed by atoms with van der Waals surface area (Å²) in [5, 5.41) is 6.72. The second kappa shape index (κ2) is 9.65. The van der Waals surface area contributed by atoms with Gasteiger partial charge in [0.05, 0.1) is 35.3 Å². The Morgan fingerprint density at radius 2 is 1.85 bits per heavy atom. The highest BCUT2D eigenvalue weighted by molar-refractivity contribution is 6.29. The third-order valence-electron chi connectivity index (χ3n) is 7.45. The number of morpholine rings is 1. The Morgan fingerprint density at radius 1 is 1.07 bits per heavy atom. The minimum Gasteiger partial charge on any atom is -0.452 e. The Bertz CT molecular complexity index is 1690. The van der Waals surface area contributed by atoms with Gasteiger partial charge >= 0.3 is 6.03 Å². The first kappa shape index (κ1) is 24.6. The van der Waals surface area contributed by atoms with Crippen molar-refractivity contribution in [1.82, 2.24) is 14.5 Å². The van der Waals surface area contributed by atoms with Crippen LogP contribution in [0.15, 0.2) is 60.7 Å². The van der Waals surface area contributed by atoms with E-state index in [0.717, 1.165) is 48.2 Å². The monoisotopic (exact) mass is 556 g/mol. The number of Topliss-reactive ketones (excluding diaryl/α,β-unsaturated/α-hetero) is 1. The summed E-state index contributed by atoms with van der Waals surface area (Å²) in [6, 6.07) is 9.75. The lowest BCUT2D eigenvalue weighted by atomic mass is 10.1. The lowest BCUT2D eigenvalue weighted by Gasteiger charge is -2.34. The number of aryl methyl sites for hydroxylation is 1. The molecule has 202 valence electrons. The third-order valence-corrected chi connectivity index (χ3v) is 7.67. The molecule has 7 rings (SSSR count). The Hall–Kier alpha value is -4.41. The van der Waals surface area contributed by atoms with Gasteiger partial charge in [-0.3, -0.25) is 4.79 Å². The first-order valence-electron chi connectivity index (χ1n) is 13.0. The Balaban J connectivity index is 1.15. The van der Waals surface area contributed by atoms with E-state index < -0.39 is 6.03 Å². The molecule has 2 saturated heterocycles. The van der Waals surface area contributed by atoms with Gasteiger partial charge in [-0.1, -0.05) is 11.6 Å². The van der Waals surface area contributed by atoms with Gasteiger partial charge < -0.3 is 29.6 Å². The molecule has 40 heavy (non-hydrogen) atoms. The molecule has 3 aliphatic heterocycles. The highest BCUT2D eigenvalue weighted by Gasteiger charge is 2.35. The third kappa shape index (κ3) is 4.44. The molecule has 2 unspecified atom stereocenters. The van der Waals surface area contributed by atoms with Crippen molar-refractivity contribution in [3.05, 3.63) is 77.0 Å². The molecule has 0 saturated carbocycles. The van der Waals surface area contributed by atoms with Crippen molar-refractivity contribution in [2.24, 2.45) is 7.05 Å². The molecular weight excluding hydrogens is 532 g/mol. The molecule has 2 fully saturated rings. The summed E-state index contributed by atoms with van der Waals surface area (Å²) in [6.07, 6.45) is 9.68. The van der Waals surface area contributed by atoms with Crippen molar-refractivity contribution in [1.29, 1.82) is 0 Å². The zero-order chi connectivity index (χ0) is 27.4. The van der Waals surface area contributed by atoms with Gasteiger partial charge in [-0.25, -0.2) is 14.8 Å². The number of hydrogen-bond acceptors (Lipinski definition) is 7. The van der Waals surface area contributed by atoms with Gasteiger partial charge in [0.2, 0.25) is 5.78 Å². The lowest BCUT2D eigenvalue weighted by Crippen LogP contribution is -2.42.